The van der Waals surface area contributed by atoms with Gasteiger partial charge in [-0.2, -0.15) is 4.79 Å². The van der Waals surface area contributed by atoms with Gasteiger partial charge in [-0.1, -0.05) is 0 Å². The van der Waals surface area contributed by atoms with Gasteiger partial charge in [0.25, 0.3) is 0 Å². The smallest absolute Gasteiger partial charge is 0.422 e. The van der Waals surface area contributed by atoms with Gasteiger partial charge in [-0.25, -0.2) is 4.79 Å². The number of esters is 1. The minimum Gasteiger partial charge on any atom is -0.486 e. The summed E-state index contributed by atoms with van der Waals surface area (Å²) in [6.07, 6.45) is 0. The predicted octanol–water partition coefficient (Wildman–Crippen LogP) is 0.650. The SMILES string of the molecule is COC(=O)C(=[N+]=[N-])c1ccc2c(c1)OCCO2. The van der Waals surface area contributed by atoms with E-state index >= 15 is 0 Å². The van der Waals surface area contributed by atoms with Crippen LogP contribution in [0.1, 0.15) is 5.56 Å². The molecule has 0 unspecified atom stereocenters. The number of carbonyl (C=O) groups excluding carboxylic acids is 1. The first-order valence-corrected chi connectivity index (χ1v) is 4.96. The highest BCUT2D eigenvalue weighted by Crippen LogP contribution is 2.30. The summed E-state index contributed by atoms with van der Waals surface area (Å²) in [5.41, 5.74) is 9.03. The first-order valence-electron chi connectivity index (χ1n) is 4.96. The van der Waals surface area contributed by atoms with E-state index in [1.54, 1.807) is 18.2 Å². The summed E-state index contributed by atoms with van der Waals surface area (Å²) in [4.78, 5) is 14.3. The number of hydrogen-bond acceptors (Lipinski definition) is 4. The van der Waals surface area contributed by atoms with E-state index in [1.807, 2.05) is 0 Å². The zero-order valence-corrected chi connectivity index (χ0v) is 9.17. The molecule has 1 aliphatic heterocycles. The topological polar surface area (TPSA) is 81.2 Å². The van der Waals surface area contributed by atoms with Crippen LogP contribution in [0.15, 0.2) is 18.2 Å². The molecule has 1 aromatic carbocycles. The largest absolute Gasteiger partial charge is 0.486 e. The van der Waals surface area contributed by atoms with Gasteiger partial charge in [0.2, 0.25) is 0 Å². The third-order valence-corrected chi connectivity index (χ3v) is 2.29. The Balaban J connectivity index is 2.39. The van der Waals surface area contributed by atoms with Gasteiger partial charge in [-0.05, 0) is 18.2 Å². The van der Waals surface area contributed by atoms with Crippen molar-refractivity contribution in [2.45, 2.75) is 0 Å². The molecule has 2 rings (SSSR count). The fourth-order valence-corrected chi connectivity index (χ4v) is 1.50. The summed E-state index contributed by atoms with van der Waals surface area (Å²) in [6.45, 7) is 0.935. The highest BCUT2D eigenvalue weighted by atomic mass is 16.6. The molecule has 0 atom stereocenters. The van der Waals surface area contributed by atoms with Crippen LogP contribution in [-0.2, 0) is 9.53 Å². The summed E-state index contributed by atoms with van der Waals surface area (Å²) < 4.78 is 15.2. The number of ether oxygens (including phenoxy) is 3. The van der Waals surface area contributed by atoms with E-state index in [4.69, 9.17) is 15.0 Å². The average molecular weight is 234 g/mol. The van der Waals surface area contributed by atoms with Gasteiger partial charge < -0.3 is 19.7 Å². The summed E-state index contributed by atoms with van der Waals surface area (Å²) >= 11 is 0. The maximum Gasteiger partial charge on any atom is 0.422 e. The second kappa shape index (κ2) is 4.67. The van der Waals surface area contributed by atoms with Crippen molar-refractivity contribution >= 4 is 11.7 Å². The molecule has 0 spiro atoms. The van der Waals surface area contributed by atoms with Crippen molar-refractivity contribution in [3.63, 3.8) is 0 Å². The zero-order valence-electron chi connectivity index (χ0n) is 9.17. The highest BCUT2D eigenvalue weighted by Gasteiger charge is 2.25. The maximum atomic E-state index is 11.3. The van der Waals surface area contributed by atoms with Crippen LogP contribution in [0.5, 0.6) is 11.5 Å². The lowest BCUT2D eigenvalue weighted by atomic mass is 10.1. The normalized spacial score (nSPS) is 12.5. The Bertz CT molecular complexity index is 506. The molecule has 1 aliphatic rings. The molecule has 6 nitrogen and oxygen atoms in total. The van der Waals surface area contributed by atoms with Crippen molar-refractivity contribution in [2.75, 3.05) is 20.3 Å². The molecule has 0 aliphatic carbocycles. The molecule has 0 radical (unpaired) electrons. The Morgan fingerprint density at radius 2 is 2.06 bits per heavy atom. The van der Waals surface area contributed by atoms with E-state index in [0.29, 0.717) is 30.3 Å². The second-order valence-corrected chi connectivity index (χ2v) is 3.30. The van der Waals surface area contributed by atoms with Crippen LogP contribution in [0.4, 0.5) is 0 Å². The molecule has 88 valence electrons. The molecule has 0 N–H and O–H groups in total. The van der Waals surface area contributed by atoms with E-state index in [1.165, 1.54) is 7.11 Å². The molecule has 0 amide bonds. The van der Waals surface area contributed by atoms with Gasteiger partial charge in [0.15, 0.2) is 11.5 Å². The molecular weight excluding hydrogens is 224 g/mol. The summed E-state index contributed by atoms with van der Waals surface area (Å²) in [6, 6.07) is 4.82. The molecule has 6 heteroatoms. The Labute approximate surface area is 97.3 Å². The van der Waals surface area contributed by atoms with E-state index in [-0.39, 0.29) is 5.71 Å². The number of methoxy groups -OCH3 is 1. The minimum absolute atomic E-state index is 0.176. The van der Waals surface area contributed by atoms with E-state index < -0.39 is 5.97 Å². The first kappa shape index (κ1) is 11.2. The lowest BCUT2D eigenvalue weighted by Gasteiger charge is -2.18. The Kier molecular flexibility index (Phi) is 3.07. The minimum atomic E-state index is -0.718. The Morgan fingerprint density at radius 3 is 2.71 bits per heavy atom. The van der Waals surface area contributed by atoms with Crippen LogP contribution in [0.25, 0.3) is 5.53 Å². The molecule has 0 fully saturated rings. The zero-order chi connectivity index (χ0) is 12.3. The van der Waals surface area contributed by atoms with Gasteiger partial charge in [0.1, 0.15) is 13.2 Å². The van der Waals surface area contributed by atoms with E-state index in [2.05, 4.69) is 9.53 Å². The molecule has 1 aromatic rings. The number of hydrogen-bond donors (Lipinski definition) is 0. The number of benzene rings is 1. The van der Waals surface area contributed by atoms with Crippen LogP contribution < -0.4 is 9.47 Å². The van der Waals surface area contributed by atoms with Crippen molar-refractivity contribution in [1.29, 1.82) is 0 Å². The highest BCUT2D eigenvalue weighted by molar-refractivity contribution is 6.40. The van der Waals surface area contributed by atoms with Crippen LogP contribution in [0.2, 0.25) is 0 Å². The molecule has 17 heavy (non-hydrogen) atoms. The standard InChI is InChI=1S/C11H10N2O4/c1-15-11(14)10(13-12)7-2-3-8-9(6-7)17-5-4-16-8/h2-3,6H,4-5H2,1H3. The van der Waals surface area contributed by atoms with Crippen LogP contribution in [0, 0.1) is 0 Å². The maximum absolute atomic E-state index is 11.3. The van der Waals surface area contributed by atoms with Crippen LogP contribution in [0.3, 0.4) is 0 Å². The van der Waals surface area contributed by atoms with Gasteiger partial charge in [-0.15, -0.1) is 0 Å². The third-order valence-electron chi connectivity index (χ3n) is 2.29. The second-order valence-electron chi connectivity index (χ2n) is 3.30. The summed E-state index contributed by atoms with van der Waals surface area (Å²) in [5, 5.41) is 0. The van der Waals surface area contributed by atoms with Crippen molar-refractivity contribution in [1.82, 2.24) is 0 Å². The van der Waals surface area contributed by atoms with Gasteiger partial charge in [0, 0.05) is 0 Å². The van der Waals surface area contributed by atoms with Gasteiger partial charge >= 0.3 is 11.7 Å². The Hall–Kier alpha value is -2.33. The predicted molar refractivity (Wildman–Crippen MR) is 57.2 cm³/mol. The quantitative estimate of drug-likeness (QED) is 0.325. The monoisotopic (exact) mass is 234 g/mol. The molecule has 0 saturated heterocycles. The lowest BCUT2D eigenvalue weighted by Crippen LogP contribution is -2.20. The number of rotatable bonds is 2. The number of carbonyl (C=O) groups is 1. The lowest BCUT2D eigenvalue weighted by molar-refractivity contribution is -0.137. The van der Waals surface area contributed by atoms with Gasteiger partial charge in [0.05, 0.1) is 12.7 Å². The fraction of sp³-hybridized carbons (Fsp3) is 0.273. The summed E-state index contributed by atoms with van der Waals surface area (Å²) in [5.74, 6) is 0.394. The van der Waals surface area contributed by atoms with Crippen molar-refractivity contribution in [3.05, 3.63) is 29.3 Å². The van der Waals surface area contributed by atoms with E-state index in [9.17, 15) is 4.79 Å². The molecule has 0 aromatic heterocycles. The first-order chi connectivity index (χ1) is 8.26. The average Bonchev–Trinajstić information content (AvgIpc) is 2.39. The molecule has 1 heterocycles. The fourth-order valence-electron chi connectivity index (χ4n) is 1.50. The molecule has 0 saturated carbocycles. The molecular formula is C11H10N2O4. The van der Waals surface area contributed by atoms with Crippen molar-refractivity contribution < 1.29 is 23.8 Å². The van der Waals surface area contributed by atoms with Crippen molar-refractivity contribution in [2.24, 2.45) is 0 Å². The van der Waals surface area contributed by atoms with Crippen LogP contribution >= 0.6 is 0 Å². The number of fused-ring (bicyclic) bond motifs is 1. The summed E-state index contributed by atoms with van der Waals surface area (Å²) in [7, 11) is 1.21. The van der Waals surface area contributed by atoms with E-state index in [0.717, 1.165) is 0 Å². The third kappa shape index (κ3) is 2.11. The Morgan fingerprint density at radius 1 is 1.35 bits per heavy atom. The van der Waals surface area contributed by atoms with Crippen molar-refractivity contribution in [3.8, 4) is 11.5 Å². The molecule has 0 bridgehead atoms. The number of nitrogens with zero attached hydrogens (tertiary/aromatic N) is 2. The van der Waals surface area contributed by atoms with Crippen LogP contribution in [-0.4, -0.2) is 36.8 Å². The van der Waals surface area contributed by atoms with Gasteiger partial charge in [-0.3, -0.25) is 0 Å².